The molecule has 0 radical (unpaired) electrons. The molecule has 26 heavy (non-hydrogen) atoms. The first-order valence-electron chi connectivity index (χ1n) is 7.94. The molecule has 0 bridgehead atoms. The smallest absolute Gasteiger partial charge is 0.247 e. The summed E-state index contributed by atoms with van der Waals surface area (Å²) in [6.45, 7) is 1.50. The summed E-state index contributed by atoms with van der Waals surface area (Å²) < 4.78 is 6.16. The second-order valence-electron chi connectivity index (χ2n) is 5.58. The molecule has 3 aromatic rings. The van der Waals surface area contributed by atoms with Gasteiger partial charge in [0.15, 0.2) is 5.69 Å². The van der Waals surface area contributed by atoms with Crippen LogP contribution in [0.2, 0.25) is 0 Å². The van der Waals surface area contributed by atoms with Gasteiger partial charge in [0, 0.05) is 18.7 Å². The molecular formula is C18H15N5O2S. The zero-order valence-corrected chi connectivity index (χ0v) is 15.0. The quantitative estimate of drug-likeness (QED) is 0.646. The third kappa shape index (κ3) is 2.78. The Morgan fingerprint density at radius 1 is 1.15 bits per heavy atom. The Hall–Kier alpha value is -3.00. The molecule has 1 aliphatic heterocycles. The molecule has 0 fully saturated rings. The van der Waals surface area contributed by atoms with Crippen molar-refractivity contribution in [1.29, 1.82) is 0 Å². The standard InChI is InChI=1S/C18H15N5O2S/c1-11(24)23-14-9-4-3-7-12(14)15-16(20-18(26-2)22-21-15)25-17(23)13-8-5-6-10-19-13/h3-10,17H,1-2H3/t17-/m1/s1. The predicted octanol–water partition coefficient (Wildman–Crippen LogP) is 3.10. The number of anilines is 1. The van der Waals surface area contributed by atoms with Gasteiger partial charge in [0.2, 0.25) is 23.2 Å². The molecule has 3 heterocycles. The maximum atomic E-state index is 12.5. The van der Waals surface area contributed by atoms with E-state index in [4.69, 9.17) is 4.74 Å². The number of aromatic nitrogens is 4. The normalized spacial score (nSPS) is 15.5. The highest BCUT2D eigenvalue weighted by Crippen LogP contribution is 2.42. The van der Waals surface area contributed by atoms with Crippen molar-refractivity contribution in [2.75, 3.05) is 11.2 Å². The summed E-state index contributed by atoms with van der Waals surface area (Å²) >= 11 is 1.37. The predicted molar refractivity (Wildman–Crippen MR) is 97.8 cm³/mol. The minimum absolute atomic E-state index is 0.168. The topological polar surface area (TPSA) is 81.1 Å². The highest BCUT2D eigenvalue weighted by atomic mass is 32.2. The largest absolute Gasteiger partial charge is 0.445 e. The molecule has 2 aromatic heterocycles. The van der Waals surface area contributed by atoms with Gasteiger partial charge in [-0.3, -0.25) is 14.7 Å². The van der Waals surface area contributed by atoms with Crippen LogP contribution in [0.5, 0.6) is 5.88 Å². The summed E-state index contributed by atoms with van der Waals surface area (Å²) in [5.41, 5.74) is 2.53. The molecule has 0 saturated carbocycles. The lowest BCUT2D eigenvalue weighted by molar-refractivity contribution is -0.118. The number of hydrogen-bond acceptors (Lipinski definition) is 7. The average Bonchev–Trinajstić information content (AvgIpc) is 2.82. The molecule has 8 heteroatoms. The van der Waals surface area contributed by atoms with E-state index in [9.17, 15) is 4.79 Å². The number of ether oxygens (including phenoxy) is 1. The molecule has 1 aliphatic rings. The fraction of sp³-hybridized carbons (Fsp3) is 0.167. The molecule has 1 aromatic carbocycles. The van der Waals surface area contributed by atoms with Gasteiger partial charge in [0.25, 0.3) is 0 Å². The third-order valence-electron chi connectivity index (χ3n) is 3.97. The van der Waals surface area contributed by atoms with Gasteiger partial charge in [0.05, 0.1) is 5.69 Å². The molecular weight excluding hydrogens is 350 g/mol. The molecule has 0 N–H and O–H groups in total. The van der Waals surface area contributed by atoms with Crippen molar-refractivity contribution in [3.05, 3.63) is 54.4 Å². The summed E-state index contributed by atoms with van der Waals surface area (Å²) in [5.74, 6) is 0.162. The van der Waals surface area contributed by atoms with Crippen LogP contribution in [0.25, 0.3) is 11.3 Å². The Labute approximate surface area is 154 Å². The summed E-state index contributed by atoms with van der Waals surface area (Å²) in [5, 5.41) is 8.92. The van der Waals surface area contributed by atoms with Crippen molar-refractivity contribution < 1.29 is 9.53 Å². The van der Waals surface area contributed by atoms with E-state index >= 15 is 0 Å². The van der Waals surface area contributed by atoms with E-state index in [1.54, 1.807) is 11.1 Å². The van der Waals surface area contributed by atoms with Gasteiger partial charge in [0.1, 0.15) is 5.69 Å². The van der Waals surface area contributed by atoms with Crippen LogP contribution < -0.4 is 9.64 Å². The molecule has 130 valence electrons. The maximum absolute atomic E-state index is 12.5. The number of hydrogen-bond donors (Lipinski definition) is 0. The zero-order valence-electron chi connectivity index (χ0n) is 14.2. The lowest BCUT2D eigenvalue weighted by atomic mass is 10.1. The Morgan fingerprint density at radius 3 is 2.69 bits per heavy atom. The number of pyridine rings is 1. The first-order valence-corrected chi connectivity index (χ1v) is 9.17. The minimum Gasteiger partial charge on any atom is -0.445 e. The SMILES string of the molecule is CSc1nnc2c(n1)O[C@H](c1ccccn1)N(C(C)=O)c1ccccc1-2. The molecule has 0 saturated heterocycles. The second-order valence-corrected chi connectivity index (χ2v) is 6.36. The molecule has 1 atom stereocenters. The summed E-state index contributed by atoms with van der Waals surface area (Å²) in [7, 11) is 0. The fourth-order valence-electron chi connectivity index (χ4n) is 2.85. The van der Waals surface area contributed by atoms with Gasteiger partial charge in [-0.25, -0.2) is 0 Å². The zero-order chi connectivity index (χ0) is 18.1. The molecule has 7 nitrogen and oxygen atoms in total. The number of nitrogens with zero attached hydrogens (tertiary/aromatic N) is 5. The van der Waals surface area contributed by atoms with Gasteiger partial charge >= 0.3 is 0 Å². The summed E-state index contributed by atoms with van der Waals surface area (Å²) in [6.07, 6.45) is 2.79. The molecule has 0 aliphatic carbocycles. The highest BCUT2D eigenvalue weighted by molar-refractivity contribution is 7.98. The van der Waals surface area contributed by atoms with Crippen LogP contribution >= 0.6 is 11.8 Å². The monoisotopic (exact) mass is 365 g/mol. The van der Waals surface area contributed by atoms with Crippen molar-refractivity contribution >= 4 is 23.4 Å². The van der Waals surface area contributed by atoms with E-state index in [0.29, 0.717) is 28.1 Å². The lowest BCUT2D eigenvalue weighted by Crippen LogP contribution is -2.36. The van der Waals surface area contributed by atoms with Crippen LogP contribution in [0.3, 0.4) is 0 Å². The van der Waals surface area contributed by atoms with Crippen LogP contribution in [-0.2, 0) is 4.79 Å². The number of thioether (sulfide) groups is 1. The van der Waals surface area contributed by atoms with Gasteiger partial charge in [-0.15, -0.1) is 10.2 Å². The average molecular weight is 365 g/mol. The number of para-hydroxylation sites is 1. The minimum atomic E-state index is -0.748. The van der Waals surface area contributed by atoms with E-state index in [-0.39, 0.29) is 5.91 Å². The summed E-state index contributed by atoms with van der Waals surface area (Å²) in [6, 6.07) is 13.0. The number of carbonyl (C=O) groups excluding carboxylic acids is 1. The Morgan fingerprint density at radius 2 is 1.96 bits per heavy atom. The van der Waals surface area contributed by atoms with E-state index in [2.05, 4.69) is 20.2 Å². The van der Waals surface area contributed by atoms with Crippen molar-refractivity contribution in [2.45, 2.75) is 18.3 Å². The molecule has 0 spiro atoms. The van der Waals surface area contributed by atoms with Crippen molar-refractivity contribution in [2.24, 2.45) is 0 Å². The van der Waals surface area contributed by atoms with Gasteiger partial charge in [-0.2, -0.15) is 4.98 Å². The Balaban J connectivity index is 1.98. The first-order chi connectivity index (χ1) is 12.7. The number of fused-ring (bicyclic) bond motifs is 3. The van der Waals surface area contributed by atoms with Crippen LogP contribution in [0, 0.1) is 0 Å². The van der Waals surface area contributed by atoms with E-state index in [0.717, 1.165) is 5.56 Å². The van der Waals surface area contributed by atoms with Gasteiger partial charge in [-0.05, 0) is 24.5 Å². The van der Waals surface area contributed by atoms with E-state index < -0.39 is 6.23 Å². The molecule has 0 unspecified atom stereocenters. The van der Waals surface area contributed by atoms with E-state index in [1.165, 1.54) is 18.7 Å². The van der Waals surface area contributed by atoms with Crippen molar-refractivity contribution in [3.8, 4) is 17.1 Å². The van der Waals surface area contributed by atoms with Crippen LogP contribution in [0.15, 0.2) is 53.8 Å². The third-order valence-corrected chi connectivity index (χ3v) is 4.51. The van der Waals surface area contributed by atoms with Gasteiger partial charge < -0.3 is 4.74 Å². The Bertz CT molecular complexity index is 967. The maximum Gasteiger partial charge on any atom is 0.247 e. The van der Waals surface area contributed by atoms with Crippen molar-refractivity contribution in [3.63, 3.8) is 0 Å². The molecule has 1 amide bonds. The van der Waals surface area contributed by atoms with E-state index in [1.807, 2.05) is 48.7 Å². The Kier molecular flexibility index (Phi) is 4.26. The number of benzene rings is 1. The first kappa shape index (κ1) is 16.5. The van der Waals surface area contributed by atoms with Crippen LogP contribution in [0.1, 0.15) is 18.8 Å². The van der Waals surface area contributed by atoms with Gasteiger partial charge in [-0.1, -0.05) is 36.0 Å². The number of carbonyl (C=O) groups is 1. The van der Waals surface area contributed by atoms with Crippen molar-refractivity contribution in [1.82, 2.24) is 20.2 Å². The van der Waals surface area contributed by atoms with Crippen LogP contribution in [-0.4, -0.2) is 32.3 Å². The summed E-state index contributed by atoms with van der Waals surface area (Å²) in [4.78, 5) is 22.9. The fourth-order valence-corrected chi connectivity index (χ4v) is 3.15. The number of amides is 1. The van der Waals surface area contributed by atoms with Crippen LogP contribution in [0.4, 0.5) is 5.69 Å². The highest BCUT2D eigenvalue weighted by Gasteiger charge is 2.35. The lowest BCUT2D eigenvalue weighted by Gasteiger charge is -2.29. The molecule has 4 rings (SSSR count). The second kappa shape index (κ2) is 6.72. The number of rotatable bonds is 2.